The van der Waals surface area contributed by atoms with Crippen LogP contribution in [0.15, 0.2) is 36.7 Å². The van der Waals surface area contributed by atoms with Crippen LogP contribution >= 0.6 is 11.6 Å². The third kappa shape index (κ3) is 2.69. The Balaban J connectivity index is 1.98. The van der Waals surface area contributed by atoms with Gasteiger partial charge in [0.1, 0.15) is 5.69 Å². The van der Waals surface area contributed by atoms with Crippen molar-refractivity contribution in [3.05, 3.63) is 41.7 Å². The third-order valence-electron chi connectivity index (χ3n) is 3.21. The number of anilines is 1. The Kier molecular flexibility index (Phi) is 3.62. The van der Waals surface area contributed by atoms with Gasteiger partial charge in [-0.3, -0.25) is 4.98 Å². The molecule has 0 saturated carbocycles. The van der Waals surface area contributed by atoms with Crippen molar-refractivity contribution in [2.45, 2.75) is 0 Å². The first kappa shape index (κ1) is 12.4. The summed E-state index contributed by atoms with van der Waals surface area (Å²) in [4.78, 5) is 11.3. The van der Waals surface area contributed by atoms with E-state index in [4.69, 9.17) is 11.6 Å². The molecule has 0 radical (unpaired) electrons. The van der Waals surface area contributed by atoms with Gasteiger partial charge < -0.3 is 10.2 Å². The van der Waals surface area contributed by atoms with Crippen LogP contribution in [0.25, 0.3) is 11.3 Å². The number of nitrogens with one attached hydrogen (secondary N) is 1. The fraction of sp³-hybridized carbons (Fsp3) is 0.286. The highest BCUT2D eigenvalue weighted by Gasteiger charge is 2.17. The number of hydrogen-bond donors (Lipinski definition) is 1. The van der Waals surface area contributed by atoms with Crippen LogP contribution in [0.3, 0.4) is 0 Å². The molecule has 0 spiro atoms. The minimum atomic E-state index is 0.733. The highest BCUT2D eigenvalue weighted by Crippen LogP contribution is 2.27. The molecule has 98 valence electrons. The minimum absolute atomic E-state index is 0.733. The lowest BCUT2D eigenvalue weighted by Gasteiger charge is -2.29. The van der Waals surface area contributed by atoms with E-state index in [1.54, 1.807) is 12.4 Å². The quantitative estimate of drug-likeness (QED) is 0.912. The van der Waals surface area contributed by atoms with Crippen LogP contribution in [0.1, 0.15) is 0 Å². The zero-order valence-electron chi connectivity index (χ0n) is 10.5. The first-order valence-corrected chi connectivity index (χ1v) is 6.75. The highest BCUT2D eigenvalue weighted by molar-refractivity contribution is 6.30. The Morgan fingerprint density at radius 3 is 2.42 bits per heavy atom. The predicted molar refractivity (Wildman–Crippen MR) is 77.6 cm³/mol. The second-order valence-electron chi connectivity index (χ2n) is 4.47. The van der Waals surface area contributed by atoms with E-state index in [2.05, 4.69) is 20.2 Å². The van der Waals surface area contributed by atoms with E-state index in [9.17, 15) is 0 Å². The monoisotopic (exact) mass is 274 g/mol. The molecule has 1 aliphatic heterocycles. The fourth-order valence-corrected chi connectivity index (χ4v) is 2.38. The van der Waals surface area contributed by atoms with Crippen molar-refractivity contribution in [1.82, 2.24) is 15.3 Å². The second kappa shape index (κ2) is 5.55. The molecule has 1 saturated heterocycles. The van der Waals surface area contributed by atoms with E-state index >= 15 is 0 Å². The molecular formula is C14H15ClN4. The van der Waals surface area contributed by atoms with Crippen molar-refractivity contribution in [3.8, 4) is 11.3 Å². The summed E-state index contributed by atoms with van der Waals surface area (Å²) in [6, 6.07) is 7.73. The maximum absolute atomic E-state index is 5.93. The van der Waals surface area contributed by atoms with Gasteiger partial charge in [-0.1, -0.05) is 23.7 Å². The maximum atomic E-state index is 5.93. The van der Waals surface area contributed by atoms with Crippen molar-refractivity contribution in [1.29, 1.82) is 0 Å². The second-order valence-corrected chi connectivity index (χ2v) is 4.91. The number of halogens is 1. The van der Waals surface area contributed by atoms with Gasteiger partial charge in [-0.05, 0) is 12.1 Å². The zero-order chi connectivity index (χ0) is 13.1. The lowest BCUT2D eigenvalue weighted by atomic mass is 10.1. The Labute approximate surface area is 117 Å². The highest BCUT2D eigenvalue weighted by atomic mass is 35.5. The van der Waals surface area contributed by atoms with Gasteiger partial charge in [-0.25, -0.2) is 4.98 Å². The molecule has 1 N–H and O–H groups in total. The van der Waals surface area contributed by atoms with E-state index in [0.29, 0.717) is 0 Å². The number of rotatable bonds is 2. The molecule has 1 fully saturated rings. The lowest BCUT2D eigenvalue weighted by Crippen LogP contribution is -2.44. The number of piperazine rings is 1. The molecule has 3 rings (SSSR count). The molecular weight excluding hydrogens is 260 g/mol. The molecule has 5 heteroatoms. The Hall–Kier alpha value is -1.65. The van der Waals surface area contributed by atoms with Crippen LogP contribution in [0.4, 0.5) is 5.82 Å². The molecule has 2 aromatic rings. The first-order valence-electron chi connectivity index (χ1n) is 6.37. The van der Waals surface area contributed by atoms with Crippen LogP contribution < -0.4 is 10.2 Å². The summed E-state index contributed by atoms with van der Waals surface area (Å²) in [6.45, 7) is 3.88. The largest absolute Gasteiger partial charge is 0.352 e. The summed E-state index contributed by atoms with van der Waals surface area (Å²) in [7, 11) is 0. The minimum Gasteiger partial charge on any atom is -0.352 e. The molecule has 0 unspecified atom stereocenters. The average Bonchev–Trinajstić information content (AvgIpc) is 2.49. The van der Waals surface area contributed by atoms with Crippen LogP contribution in [0.5, 0.6) is 0 Å². The van der Waals surface area contributed by atoms with Crippen molar-refractivity contribution < 1.29 is 0 Å². The standard InChI is InChI=1S/C14H15ClN4/c15-12-3-1-11(2-4-12)13-14(18-6-5-17-13)19-9-7-16-8-10-19/h1-6,16H,7-10H2. The van der Waals surface area contributed by atoms with Gasteiger partial charge >= 0.3 is 0 Å². The van der Waals surface area contributed by atoms with E-state index in [1.807, 2.05) is 24.3 Å². The van der Waals surface area contributed by atoms with E-state index in [-0.39, 0.29) is 0 Å². The zero-order valence-corrected chi connectivity index (χ0v) is 11.3. The molecule has 19 heavy (non-hydrogen) atoms. The molecule has 2 heterocycles. The van der Waals surface area contributed by atoms with Crippen LogP contribution in [0.2, 0.25) is 5.02 Å². The molecule has 1 aromatic heterocycles. The summed E-state index contributed by atoms with van der Waals surface area (Å²) in [5.74, 6) is 0.950. The van der Waals surface area contributed by atoms with Gasteiger partial charge in [0.05, 0.1) is 0 Å². The van der Waals surface area contributed by atoms with Crippen LogP contribution in [-0.4, -0.2) is 36.1 Å². The Morgan fingerprint density at radius 1 is 1.00 bits per heavy atom. The molecule has 1 aliphatic rings. The molecule has 4 nitrogen and oxygen atoms in total. The maximum Gasteiger partial charge on any atom is 0.155 e. The molecule has 0 atom stereocenters. The number of benzene rings is 1. The molecule has 0 amide bonds. The topological polar surface area (TPSA) is 41.1 Å². The van der Waals surface area contributed by atoms with Gasteiger partial charge in [-0.15, -0.1) is 0 Å². The van der Waals surface area contributed by atoms with Gasteiger partial charge in [0, 0.05) is 49.2 Å². The van der Waals surface area contributed by atoms with Crippen molar-refractivity contribution in [2.24, 2.45) is 0 Å². The summed E-state index contributed by atoms with van der Waals surface area (Å²) in [5, 5.41) is 4.08. The van der Waals surface area contributed by atoms with Gasteiger partial charge in [-0.2, -0.15) is 0 Å². The lowest BCUT2D eigenvalue weighted by molar-refractivity contribution is 0.585. The third-order valence-corrected chi connectivity index (χ3v) is 3.47. The summed E-state index contributed by atoms with van der Waals surface area (Å²) in [5.41, 5.74) is 1.96. The average molecular weight is 275 g/mol. The van der Waals surface area contributed by atoms with Crippen molar-refractivity contribution in [3.63, 3.8) is 0 Å². The van der Waals surface area contributed by atoms with Gasteiger partial charge in [0.25, 0.3) is 0 Å². The predicted octanol–water partition coefficient (Wildman–Crippen LogP) is 2.21. The van der Waals surface area contributed by atoms with E-state index in [1.165, 1.54) is 0 Å². The number of hydrogen-bond acceptors (Lipinski definition) is 4. The summed E-state index contributed by atoms with van der Waals surface area (Å²) >= 11 is 5.93. The number of nitrogens with zero attached hydrogens (tertiary/aromatic N) is 3. The van der Waals surface area contributed by atoms with Gasteiger partial charge in [0.2, 0.25) is 0 Å². The number of aromatic nitrogens is 2. The van der Waals surface area contributed by atoms with E-state index in [0.717, 1.165) is 48.3 Å². The Morgan fingerprint density at radius 2 is 1.68 bits per heavy atom. The van der Waals surface area contributed by atoms with Crippen molar-refractivity contribution >= 4 is 17.4 Å². The summed E-state index contributed by atoms with van der Waals surface area (Å²) < 4.78 is 0. The Bertz CT molecular complexity index is 550. The summed E-state index contributed by atoms with van der Waals surface area (Å²) in [6.07, 6.45) is 3.48. The molecule has 0 aliphatic carbocycles. The normalized spacial score (nSPS) is 15.5. The van der Waals surface area contributed by atoms with Crippen molar-refractivity contribution in [2.75, 3.05) is 31.1 Å². The van der Waals surface area contributed by atoms with Crippen LogP contribution in [-0.2, 0) is 0 Å². The molecule has 1 aromatic carbocycles. The van der Waals surface area contributed by atoms with E-state index < -0.39 is 0 Å². The van der Waals surface area contributed by atoms with Gasteiger partial charge in [0.15, 0.2) is 5.82 Å². The first-order chi connectivity index (χ1) is 9.34. The van der Waals surface area contributed by atoms with Crippen LogP contribution in [0, 0.1) is 0 Å². The molecule has 0 bridgehead atoms. The smallest absolute Gasteiger partial charge is 0.155 e. The fourth-order valence-electron chi connectivity index (χ4n) is 2.25. The SMILES string of the molecule is Clc1ccc(-c2nccnc2N2CCNCC2)cc1.